The van der Waals surface area contributed by atoms with E-state index in [2.05, 4.69) is 33.9 Å². The van der Waals surface area contributed by atoms with Crippen molar-refractivity contribution in [3.63, 3.8) is 0 Å². The highest BCUT2D eigenvalue weighted by molar-refractivity contribution is 14.1. The molecule has 0 heterocycles. The summed E-state index contributed by atoms with van der Waals surface area (Å²) in [5.74, 6) is 0. The molecule has 0 radical (unpaired) electrons. The second-order valence-corrected chi connectivity index (χ2v) is 2.57. The molecule has 0 aromatic heterocycles. The Hall–Kier alpha value is -0.250. The lowest BCUT2D eigenvalue weighted by atomic mass is 10.5. The van der Waals surface area contributed by atoms with Crippen molar-refractivity contribution >= 4 is 22.6 Å². The van der Waals surface area contributed by atoms with Crippen LogP contribution in [0.2, 0.25) is 0 Å². The monoisotopic (exact) mass is 236 g/mol. The Labute approximate surface area is 69.2 Å². The first-order chi connectivity index (χ1) is 4.31. The maximum atomic E-state index is 4.67. The molecule has 0 fully saturated rings. The third-order valence-corrected chi connectivity index (χ3v) is 1.47. The Bertz CT molecular complexity index is 136. The molecule has 0 aliphatic heterocycles. The highest BCUT2D eigenvalue weighted by Crippen LogP contribution is 2.05. The Morgan fingerprint density at radius 3 is 2.78 bits per heavy atom. The van der Waals surface area contributed by atoms with Crippen molar-refractivity contribution in [2.75, 3.05) is 7.11 Å². The summed E-state index contributed by atoms with van der Waals surface area (Å²) in [7, 11) is 1.62. The van der Waals surface area contributed by atoms with Gasteiger partial charge in [-0.2, -0.15) is 0 Å². The van der Waals surface area contributed by atoms with Gasteiger partial charge in [-0.05, 0) is 34.7 Å². The van der Waals surface area contributed by atoms with E-state index in [1.54, 1.807) is 19.4 Å². The van der Waals surface area contributed by atoms with E-state index in [1.165, 1.54) is 0 Å². The Balaban J connectivity index is 3.68. The van der Waals surface area contributed by atoms with Crippen molar-refractivity contribution in [1.82, 2.24) is 0 Å². The van der Waals surface area contributed by atoms with Gasteiger partial charge in [-0.15, -0.1) is 0 Å². The van der Waals surface area contributed by atoms with Gasteiger partial charge in [-0.1, -0.05) is 12.7 Å². The van der Waals surface area contributed by atoms with Gasteiger partial charge in [0.25, 0.3) is 0 Å². The Morgan fingerprint density at radius 1 is 1.67 bits per heavy atom. The molecule has 0 spiro atoms. The fraction of sp³-hybridized carbons (Fsp3) is 0.143. The third kappa shape index (κ3) is 5.62. The highest BCUT2D eigenvalue weighted by Gasteiger charge is 1.74. The summed E-state index contributed by atoms with van der Waals surface area (Å²) < 4.78 is 5.77. The lowest BCUT2D eigenvalue weighted by Gasteiger charge is -1.83. The van der Waals surface area contributed by atoms with Crippen molar-refractivity contribution in [3.8, 4) is 0 Å². The van der Waals surface area contributed by atoms with Gasteiger partial charge in [0, 0.05) is 3.58 Å². The van der Waals surface area contributed by atoms with Crippen LogP contribution in [-0.2, 0) is 4.74 Å². The second-order valence-electron chi connectivity index (χ2n) is 1.32. The number of methoxy groups -OCH3 is 1. The topological polar surface area (TPSA) is 9.23 Å². The molecule has 1 nitrogen and oxygen atoms in total. The molecule has 0 rings (SSSR count). The number of ether oxygens (including phenoxy) is 1. The van der Waals surface area contributed by atoms with Gasteiger partial charge in [-0.25, -0.2) is 0 Å². The van der Waals surface area contributed by atoms with Gasteiger partial charge in [-0.3, -0.25) is 0 Å². The molecule has 0 aromatic rings. The van der Waals surface area contributed by atoms with Crippen LogP contribution in [0.5, 0.6) is 0 Å². The van der Waals surface area contributed by atoms with E-state index < -0.39 is 0 Å². The number of allylic oxidation sites excluding steroid dienone is 4. The molecule has 0 amide bonds. The van der Waals surface area contributed by atoms with Crippen LogP contribution in [0, 0.1) is 0 Å². The standard InChI is InChI=1S/C7H9IO/c1-3-7(8)5-4-6-9-2/h3-6H,1H2,2H3/b6-4+,7-5+. The molecule has 0 saturated carbocycles. The van der Waals surface area contributed by atoms with E-state index in [9.17, 15) is 0 Å². The first-order valence-electron chi connectivity index (χ1n) is 2.49. The highest BCUT2D eigenvalue weighted by atomic mass is 127. The van der Waals surface area contributed by atoms with E-state index in [0.717, 1.165) is 3.58 Å². The fourth-order valence-corrected chi connectivity index (χ4v) is 0.485. The molecule has 9 heavy (non-hydrogen) atoms. The summed E-state index contributed by atoms with van der Waals surface area (Å²) in [5, 5.41) is 0. The first-order valence-corrected chi connectivity index (χ1v) is 3.56. The largest absolute Gasteiger partial charge is 0.504 e. The molecule has 0 aromatic carbocycles. The van der Waals surface area contributed by atoms with Crippen molar-refractivity contribution in [2.24, 2.45) is 0 Å². The minimum absolute atomic E-state index is 1.10. The predicted octanol–water partition coefficient (Wildman–Crippen LogP) is 2.65. The molecule has 0 saturated heterocycles. The average molecular weight is 236 g/mol. The van der Waals surface area contributed by atoms with E-state index in [4.69, 9.17) is 0 Å². The van der Waals surface area contributed by atoms with Gasteiger partial charge in [0.2, 0.25) is 0 Å². The third-order valence-electron chi connectivity index (χ3n) is 0.665. The molecular formula is C7H9IO. The molecule has 2 heteroatoms. The number of hydrogen-bond donors (Lipinski definition) is 0. The second kappa shape index (κ2) is 5.88. The van der Waals surface area contributed by atoms with Crippen molar-refractivity contribution in [2.45, 2.75) is 0 Å². The van der Waals surface area contributed by atoms with Gasteiger partial charge >= 0.3 is 0 Å². The van der Waals surface area contributed by atoms with Crippen LogP contribution in [0.25, 0.3) is 0 Å². The summed E-state index contributed by atoms with van der Waals surface area (Å²) in [4.78, 5) is 0. The predicted molar refractivity (Wildman–Crippen MR) is 48.4 cm³/mol. The first kappa shape index (κ1) is 8.75. The summed E-state index contributed by atoms with van der Waals surface area (Å²) >= 11 is 2.18. The van der Waals surface area contributed by atoms with Gasteiger partial charge in [0.1, 0.15) is 0 Å². The van der Waals surface area contributed by atoms with Crippen LogP contribution in [0.15, 0.2) is 34.6 Å². The maximum absolute atomic E-state index is 4.67. The quantitative estimate of drug-likeness (QED) is 0.415. The molecule has 0 aliphatic rings. The Kier molecular flexibility index (Phi) is 5.72. The molecule has 0 N–H and O–H groups in total. The SMILES string of the molecule is C=C/C(I)=C\C=C\OC. The van der Waals surface area contributed by atoms with Gasteiger partial charge in [0.15, 0.2) is 0 Å². The molecule has 50 valence electrons. The maximum Gasteiger partial charge on any atom is 0.0824 e. The van der Waals surface area contributed by atoms with Crippen LogP contribution in [0.3, 0.4) is 0 Å². The Morgan fingerprint density at radius 2 is 2.33 bits per heavy atom. The number of rotatable bonds is 3. The van der Waals surface area contributed by atoms with E-state index in [0.29, 0.717) is 0 Å². The van der Waals surface area contributed by atoms with Crippen LogP contribution in [0.1, 0.15) is 0 Å². The number of halogens is 1. The molecule has 0 atom stereocenters. The smallest absolute Gasteiger partial charge is 0.0824 e. The van der Waals surface area contributed by atoms with Gasteiger partial charge < -0.3 is 4.74 Å². The van der Waals surface area contributed by atoms with E-state index >= 15 is 0 Å². The summed E-state index contributed by atoms with van der Waals surface area (Å²) in [6, 6.07) is 0. The van der Waals surface area contributed by atoms with Crippen LogP contribution < -0.4 is 0 Å². The van der Waals surface area contributed by atoms with Crippen molar-refractivity contribution in [1.29, 1.82) is 0 Å². The fourth-order valence-electron chi connectivity index (χ4n) is 0.278. The number of hydrogen-bond acceptors (Lipinski definition) is 1. The molecule has 0 unspecified atom stereocenters. The lowest BCUT2D eigenvalue weighted by Crippen LogP contribution is -1.62. The van der Waals surface area contributed by atoms with Crippen LogP contribution >= 0.6 is 22.6 Å². The van der Waals surface area contributed by atoms with Crippen LogP contribution in [0.4, 0.5) is 0 Å². The summed E-state index contributed by atoms with van der Waals surface area (Å²) in [5.41, 5.74) is 0. The molecular weight excluding hydrogens is 227 g/mol. The van der Waals surface area contributed by atoms with Crippen molar-refractivity contribution < 1.29 is 4.74 Å². The zero-order valence-electron chi connectivity index (χ0n) is 5.30. The zero-order chi connectivity index (χ0) is 7.11. The molecule has 0 bridgehead atoms. The van der Waals surface area contributed by atoms with E-state index in [1.807, 2.05) is 12.2 Å². The van der Waals surface area contributed by atoms with E-state index in [-0.39, 0.29) is 0 Å². The average Bonchev–Trinajstić information content (AvgIpc) is 1.89. The minimum Gasteiger partial charge on any atom is -0.504 e. The minimum atomic E-state index is 1.10. The lowest BCUT2D eigenvalue weighted by molar-refractivity contribution is 0.338. The summed E-state index contributed by atoms with van der Waals surface area (Å²) in [6.07, 6.45) is 7.13. The normalized spacial score (nSPS) is 12.0. The van der Waals surface area contributed by atoms with Gasteiger partial charge in [0.05, 0.1) is 13.4 Å². The van der Waals surface area contributed by atoms with Crippen LogP contribution in [-0.4, -0.2) is 7.11 Å². The summed E-state index contributed by atoms with van der Waals surface area (Å²) in [6.45, 7) is 3.59. The zero-order valence-corrected chi connectivity index (χ0v) is 7.46. The van der Waals surface area contributed by atoms with Crippen molar-refractivity contribution in [3.05, 3.63) is 34.6 Å². The molecule has 0 aliphatic carbocycles.